The number of allylic oxidation sites excluding steroid dienone is 1. The van der Waals surface area contributed by atoms with Crippen molar-refractivity contribution >= 4 is 34.3 Å². The second kappa shape index (κ2) is 6.08. The topological polar surface area (TPSA) is 21.1 Å². The van der Waals surface area contributed by atoms with Crippen molar-refractivity contribution in [2.45, 2.75) is 19.9 Å². The van der Waals surface area contributed by atoms with E-state index in [2.05, 4.69) is 58.9 Å². The zero-order valence-corrected chi connectivity index (χ0v) is 14.7. The lowest BCUT2D eigenvalue weighted by molar-refractivity contribution is 0.312. The Labute approximate surface area is 147 Å². The van der Waals surface area contributed by atoms with E-state index in [1.54, 1.807) is 0 Å². The quantitative estimate of drug-likeness (QED) is 0.676. The largest absolute Gasteiger partial charge is 0.320 e. The van der Waals surface area contributed by atoms with Crippen LogP contribution in [0.15, 0.2) is 42.7 Å². The number of likely N-dealkylation sites (N-methyl/N-ethyl adjacent to an activating group) is 1. The highest BCUT2D eigenvalue weighted by atomic mass is 35.5. The predicted octanol–water partition coefficient (Wildman–Crippen LogP) is 4.70. The van der Waals surface area contributed by atoms with Gasteiger partial charge >= 0.3 is 0 Å². The molecule has 0 fully saturated rings. The van der Waals surface area contributed by atoms with E-state index in [0.29, 0.717) is 0 Å². The summed E-state index contributed by atoms with van der Waals surface area (Å²) in [5, 5.41) is 2.06. The van der Waals surface area contributed by atoms with E-state index < -0.39 is 0 Å². The molecule has 3 nitrogen and oxygen atoms in total. The summed E-state index contributed by atoms with van der Waals surface area (Å²) in [5.74, 6) is 0. The van der Waals surface area contributed by atoms with Crippen LogP contribution in [-0.2, 0) is 13.0 Å². The maximum atomic E-state index is 6.26. The van der Waals surface area contributed by atoms with Crippen LogP contribution < -0.4 is 0 Å². The molecular formula is C20H20ClN3. The molecule has 3 aromatic rings. The van der Waals surface area contributed by atoms with Crippen LogP contribution in [-0.4, -0.2) is 28.0 Å². The molecule has 4 heteroatoms. The molecule has 0 saturated carbocycles. The minimum absolute atomic E-state index is 0.797. The second-order valence-electron chi connectivity index (χ2n) is 6.49. The van der Waals surface area contributed by atoms with Gasteiger partial charge in [-0.15, -0.1) is 0 Å². The third-order valence-corrected chi connectivity index (χ3v) is 5.03. The summed E-state index contributed by atoms with van der Waals surface area (Å²) in [6, 6.07) is 10.3. The van der Waals surface area contributed by atoms with Gasteiger partial charge in [0.1, 0.15) is 0 Å². The molecule has 1 aliphatic heterocycles. The Bertz CT molecular complexity index is 925. The highest BCUT2D eigenvalue weighted by molar-refractivity contribution is 6.31. The lowest BCUT2D eigenvalue weighted by Gasteiger charge is -2.23. The SMILES string of the molecule is C/C(=C\n1c2c(c3cc(Cl)ccc31)CN(C)CC2)c1ccncc1. The molecule has 1 aliphatic rings. The lowest BCUT2D eigenvalue weighted by Crippen LogP contribution is -2.26. The van der Waals surface area contributed by atoms with Crippen molar-refractivity contribution in [3.63, 3.8) is 0 Å². The minimum Gasteiger partial charge on any atom is -0.320 e. The molecule has 1 aromatic carbocycles. The molecular weight excluding hydrogens is 318 g/mol. The molecule has 24 heavy (non-hydrogen) atoms. The predicted molar refractivity (Wildman–Crippen MR) is 101 cm³/mol. The third-order valence-electron chi connectivity index (χ3n) is 4.80. The molecule has 0 bridgehead atoms. The molecule has 0 spiro atoms. The smallest absolute Gasteiger partial charge is 0.0529 e. The van der Waals surface area contributed by atoms with Gasteiger partial charge in [-0.1, -0.05) is 11.6 Å². The van der Waals surface area contributed by atoms with Crippen LogP contribution in [0.5, 0.6) is 0 Å². The first-order valence-corrected chi connectivity index (χ1v) is 8.60. The van der Waals surface area contributed by atoms with E-state index in [9.17, 15) is 0 Å². The number of hydrogen-bond acceptors (Lipinski definition) is 2. The Hall–Kier alpha value is -2.10. The standard InChI is InChI=1S/C20H20ClN3/c1-14(15-5-8-22-9-6-15)12-24-19-4-3-16(21)11-17(19)18-13-23(2)10-7-20(18)24/h3-6,8-9,11-12H,7,10,13H2,1-2H3/b14-12+. The fourth-order valence-electron chi connectivity index (χ4n) is 3.53. The Morgan fingerprint density at radius 3 is 2.79 bits per heavy atom. The van der Waals surface area contributed by atoms with Crippen LogP contribution in [0.2, 0.25) is 5.02 Å². The Morgan fingerprint density at radius 2 is 2.00 bits per heavy atom. The first-order valence-electron chi connectivity index (χ1n) is 8.22. The number of pyridine rings is 1. The van der Waals surface area contributed by atoms with Crippen molar-refractivity contribution in [3.8, 4) is 0 Å². The van der Waals surface area contributed by atoms with Crippen molar-refractivity contribution in [2.24, 2.45) is 0 Å². The first-order chi connectivity index (χ1) is 11.6. The van der Waals surface area contributed by atoms with Gasteiger partial charge in [-0.25, -0.2) is 0 Å². The monoisotopic (exact) mass is 337 g/mol. The van der Waals surface area contributed by atoms with Gasteiger partial charge in [-0.2, -0.15) is 0 Å². The second-order valence-corrected chi connectivity index (χ2v) is 6.93. The van der Waals surface area contributed by atoms with Gasteiger partial charge in [0, 0.05) is 54.2 Å². The van der Waals surface area contributed by atoms with Crippen molar-refractivity contribution in [2.75, 3.05) is 13.6 Å². The summed E-state index contributed by atoms with van der Waals surface area (Å²) in [6.07, 6.45) is 6.98. The fraction of sp³-hybridized carbons (Fsp3) is 0.250. The van der Waals surface area contributed by atoms with Crippen LogP contribution in [0.1, 0.15) is 23.7 Å². The number of benzene rings is 1. The van der Waals surface area contributed by atoms with Gasteiger partial charge < -0.3 is 9.47 Å². The van der Waals surface area contributed by atoms with Crippen molar-refractivity contribution < 1.29 is 0 Å². The molecule has 0 amide bonds. The number of fused-ring (bicyclic) bond motifs is 3. The first kappa shape index (κ1) is 15.4. The molecule has 2 aromatic heterocycles. The molecule has 0 atom stereocenters. The molecule has 0 radical (unpaired) electrons. The van der Waals surface area contributed by atoms with E-state index >= 15 is 0 Å². The summed E-state index contributed by atoms with van der Waals surface area (Å²) < 4.78 is 2.35. The zero-order valence-electron chi connectivity index (χ0n) is 14.0. The van der Waals surface area contributed by atoms with E-state index in [1.165, 1.54) is 33.3 Å². The third kappa shape index (κ3) is 2.64. The number of nitrogens with zero attached hydrogens (tertiary/aromatic N) is 3. The van der Waals surface area contributed by atoms with Crippen molar-refractivity contribution in [1.82, 2.24) is 14.5 Å². The summed E-state index contributed by atoms with van der Waals surface area (Å²) in [5.41, 5.74) is 6.46. The van der Waals surface area contributed by atoms with E-state index in [0.717, 1.165) is 24.5 Å². The van der Waals surface area contributed by atoms with Crippen LogP contribution in [0.4, 0.5) is 0 Å². The van der Waals surface area contributed by atoms with Gasteiger partial charge in [0.05, 0.1) is 5.52 Å². The van der Waals surface area contributed by atoms with Gasteiger partial charge in [0.15, 0.2) is 0 Å². The Morgan fingerprint density at radius 1 is 1.21 bits per heavy atom. The van der Waals surface area contributed by atoms with Gasteiger partial charge in [-0.05, 0) is 61.0 Å². The number of rotatable bonds is 2. The molecule has 0 unspecified atom stereocenters. The average Bonchev–Trinajstić information content (AvgIpc) is 2.88. The highest BCUT2D eigenvalue weighted by Crippen LogP contribution is 2.33. The summed E-state index contributed by atoms with van der Waals surface area (Å²) in [4.78, 5) is 6.48. The van der Waals surface area contributed by atoms with Gasteiger partial charge in [-0.3, -0.25) is 4.98 Å². The number of aromatic nitrogens is 2. The Balaban J connectivity index is 1.92. The average molecular weight is 338 g/mol. The van der Waals surface area contributed by atoms with Gasteiger partial charge in [0.25, 0.3) is 0 Å². The Kier molecular flexibility index (Phi) is 3.91. The molecule has 122 valence electrons. The van der Waals surface area contributed by atoms with Crippen LogP contribution in [0.25, 0.3) is 22.7 Å². The fourth-order valence-corrected chi connectivity index (χ4v) is 3.70. The summed E-state index contributed by atoms with van der Waals surface area (Å²) in [7, 11) is 2.18. The highest BCUT2D eigenvalue weighted by Gasteiger charge is 2.21. The van der Waals surface area contributed by atoms with Crippen LogP contribution >= 0.6 is 11.6 Å². The molecule has 0 aliphatic carbocycles. The molecule has 3 heterocycles. The maximum Gasteiger partial charge on any atom is 0.0529 e. The summed E-state index contributed by atoms with van der Waals surface area (Å²) in [6.45, 7) is 4.21. The van der Waals surface area contributed by atoms with E-state index in [-0.39, 0.29) is 0 Å². The number of halogens is 1. The van der Waals surface area contributed by atoms with Crippen LogP contribution in [0.3, 0.4) is 0 Å². The van der Waals surface area contributed by atoms with Crippen molar-refractivity contribution in [3.05, 3.63) is 64.6 Å². The zero-order chi connectivity index (χ0) is 16.7. The van der Waals surface area contributed by atoms with Crippen LogP contribution in [0, 0.1) is 0 Å². The summed E-state index contributed by atoms with van der Waals surface area (Å²) >= 11 is 6.26. The van der Waals surface area contributed by atoms with E-state index in [1.807, 2.05) is 18.5 Å². The van der Waals surface area contributed by atoms with Gasteiger partial charge in [0.2, 0.25) is 0 Å². The maximum absolute atomic E-state index is 6.26. The molecule has 0 N–H and O–H groups in total. The lowest BCUT2D eigenvalue weighted by atomic mass is 10.1. The van der Waals surface area contributed by atoms with Crippen molar-refractivity contribution in [1.29, 1.82) is 0 Å². The van der Waals surface area contributed by atoms with E-state index in [4.69, 9.17) is 11.6 Å². The normalized spacial score (nSPS) is 15.7. The minimum atomic E-state index is 0.797. The molecule has 4 rings (SSSR count). The number of hydrogen-bond donors (Lipinski definition) is 0. The molecule has 0 saturated heterocycles.